The van der Waals surface area contributed by atoms with Gasteiger partial charge in [-0.1, -0.05) is 37.3 Å². The summed E-state index contributed by atoms with van der Waals surface area (Å²) in [7, 11) is 0. The number of anilines is 1. The van der Waals surface area contributed by atoms with Gasteiger partial charge < -0.3 is 5.73 Å². The number of hydrogen-bond acceptors (Lipinski definition) is 4. The molecule has 0 atom stereocenters. The molecule has 2 aromatic heterocycles. The molecule has 3 rings (SSSR count). The summed E-state index contributed by atoms with van der Waals surface area (Å²) in [5.74, 6) is 1.12. The Kier molecular flexibility index (Phi) is 2.87. The lowest BCUT2D eigenvalue weighted by Gasteiger charge is -2.04. The first-order valence-corrected chi connectivity index (χ1v) is 6.34. The van der Waals surface area contributed by atoms with Crippen LogP contribution in [0.5, 0.6) is 0 Å². The van der Waals surface area contributed by atoms with E-state index < -0.39 is 0 Å². The third-order valence-electron chi connectivity index (χ3n) is 2.99. The van der Waals surface area contributed by atoms with Crippen molar-refractivity contribution in [2.24, 2.45) is 0 Å². The smallest absolute Gasteiger partial charge is 0.164 e. The molecule has 0 amide bonds. The Bertz CT molecular complexity index is 702. The minimum atomic E-state index is 0.478. The molecule has 0 spiro atoms. The molecule has 19 heavy (non-hydrogen) atoms. The van der Waals surface area contributed by atoms with E-state index in [0.717, 1.165) is 29.6 Å². The standard InChI is InChI=1S/C14H15N5/c1-2-8-19-14-11(9-16-19)12(15)17-13(18-14)10-6-4-3-5-7-10/h3-7,9H,2,8H2,1H3,(H2,15,17,18). The predicted octanol–water partition coefficient (Wildman–Crippen LogP) is 2.49. The zero-order valence-electron chi connectivity index (χ0n) is 10.7. The number of aryl methyl sites for hydroxylation is 1. The van der Waals surface area contributed by atoms with E-state index in [-0.39, 0.29) is 0 Å². The first kappa shape index (κ1) is 11.6. The second-order valence-electron chi connectivity index (χ2n) is 4.40. The number of aromatic nitrogens is 4. The van der Waals surface area contributed by atoms with Gasteiger partial charge in [0.05, 0.1) is 11.6 Å². The zero-order chi connectivity index (χ0) is 13.2. The van der Waals surface area contributed by atoms with E-state index >= 15 is 0 Å². The maximum Gasteiger partial charge on any atom is 0.164 e. The maximum absolute atomic E-state index is 6.00. The minimum absolute atomic E-state index is 0.478. The molecule has 2 heterocycles. The molecular weight excluding hydrogens is 238 g/mol. The van der Waals surface area contributed by atoms with E-state index in [1.54, 1.807) is 6.20 Å². The zero-order valence-corrected chi connectivity index (χ0v) is 10.7. The van der Waals surface area contributed by atoms with E-state index in [1.807, 2.05) is 35.0 Å². The average Bonchev–Trinajstić information content (AvgIpc) is 2.84. The van der Waals surface area contributed by atoms with Crippen LogP contribution in [0.25, 0.3) is 22.4 Å². The molecule has 2 N–H and O–H groups in total. The highest BCUT2D eigenvalue weighted by Crippen LogP contribution is 2.22. The maximum atomic E-state index is 6.00. The van der Waals surface area contributed by atoms with Crippen LogP contribution in [0.1, 0.15) is 13.3 Å². The highest BCUT2D eigenvalue weighted by atomic mass is 15.3. The normalized spacial score (nSPS) is 11.0. The molecule has 3 aromatic rings. The fourth-order valence-electron chi connectivity index (χ4n) is 2.07. The van der Waals surface area contributed by atoms with Crippen LogP contribution in [0.3, 0.4) is 0 Å². The first-order chi connectivity index (χ1) is 9.29. The van der Waals surface area contributed by atoms with Gasteiger partial charge in [-0.05, 0) is 6.42 Å². The van der Waals surface area contributed by atoms with Crippen molar-refractivity contribution in [3.8, 4) is 11.4 Å². The molecular formula is C14H15N5. The second-order valence-corrected chi connectivity index (χ2v) is 4.40. The molecule has 5 heteroatoms. The van der Waals surface area contributed by atoms with E-state index in [2.05, 4.69) is 22.0 Å². The van der Waals surface area contributed by atoms with Gasteiger partial charge in [0, 0.05) is 12.1 Å². The monoisotopic (exact) mass is 253 g/mol. The van der Waals surface area contributed by atoms with E-state index in [4.69, 9.17) is 5.73 Å². The van der Waals surface area contributed by atoms with Crippen LogP contribution in [0, 0.1) is 0 Å². The number of benzene rings is 1. The molecule has 96 valence electrons. The van der Waals surface area contributed by atoms with Crippen LogP contribution in [0.15, 0.2) is 36.5 Å². The summed E-state index contributed by atoms with van der Waals surface area (Å²) in [6.07, 6.45) is 2.73. The molecule has 0 aliphatic carbocycles. The molecule has 0 aliphatic rings. The Labute approximate surface area is 111 Å². The van der Waals surface area contributed by atoms with Gasteiger partial charge in [-0.25, -0.2) is 14.6 Å². The highest BCUT2D eigenvalue weighted by Gasteiger charge is 2.11. The molecule has 0 radical (unpaired) electrons. The minimum Gasteiger partial charge on any atom is -0.383 e. The molecule has 0 unspecified atom stereocenters. The van der Waals surface area contributed by atoms with Crippen molar-refractivity contribution < 1.29 is 0 Å². The molecule has 1 aromatic carbocycles. The van der Waals surface area contributed by atoms with Crippen LogP contribution >= 0.6 is 0 Å². The summed E-state index contributed by atoms with van der Waals surface area (Å²) in [5.41, 5.74) is 7.76. The van der Waals surface area contributed by atoms with Crippen molar-refractivity contribution >= 4 is 16.9 Å². The number of nitrogens with zero attached hydrogens (tertiary/aromatic N) is 4. The molecule has 5 nitrogen and oxygen atoms in total. The number of hydrogen-bond donors (Lipinski definition) is 1. The van der Waals surface area contributed by atoms with Crippen molar-refractivity contribution in [3.05, 3.63) is 36.5 Å². The van der Waals surface area contributed by atoms with Gasteiger partial charge in [-0.2, -0.15) is 5.10 Å². The van der Waals surface area contributed by atoms with Gasteiger partial charge in [-0.3, -0.25) is 0 Å². The van der Waals surface area contributed by atoms with Crippen molar-refractivity contribution in [1.29, 1.82) is 0 Å². The third kappa shape index (κ3) is 2.03. The van der Waals surface area contributed by atoms with Gasteiger partial charge >= 0.3 is 0 Å². The van der Waals surface area contributed by atoms with E-state index in [9.17, 15) is 0 Å². The second kappa shape index (κ2) is 4.68. The van der Waals surface area contributed by atoms with Crippen LogP contribution < -0.4 is 5.73 Å². The molecule has 0 saturated heterocycles. The molecule has 0 bridgehead atoms. The lowest BCUT2D eigenvalue weighted by atomic mass is 10.2. The number of nitrogens with two attached hydrogens (primary N) is 1. The fourth-order valence-corrected chi connectivity index (χ4v) is 2.07. The largest absolute Gasteiger partial charge is 0.383 e. The van der Waals surface area contributed by atoms with Crippen molar-refractivity contribution in [2.45, 2.75) is 19.9 Å². The average molecular weight is 253 g/mol. The lowest BCUT2D eigenvalue weighted by Crippen LogP contribution is -2.03. The Morgan fingerprint density at radius 1 is 1.16 bits per heavy atom. The topological polar surface area (TPSA) is 69.6 Å². The molecule has 0 saturated carbocycles. The summed E-state index contributed by atoms with van der Waals surface area (Å²) in [4.78, 5) is 8.95. The molecule has 0 fully saturated rings. The summed E-state index contributed by atoms with van der Waals surface area (Å²) in [5, 5.41) is 5.13. The summed E-state index contributed by atoms with van der Waals surface area (Å²) in [6.45, 7) is 2.93. The van der Waals surface area contributed by atoms with Gasteiger partial charge in [0.25, 0.3) is 0 Å². The summed E-state index contributed by atoms with van der Waals surface area (Å²) >= 11 is 0. The first-order valence-electron chi connectivity index (χ1n) is 6.34. The Balaban J connectivity index is 2.20. The van der Waals surface area contributed by atoms with Crippen molar-refractivity contribution in [2.75, 3.05) is 5.73 Å². The predicted molar refractivity (Wildman–Crippen MR) is 75.5 cm³/mol. The van der Waals surface area contributed by atoms with Crippen LogP contribution in [-0.2, 0) is 6.54 Å². The summed E-state index contributed by atoms with van der Waals surface area (Å²) < 4.78 is 1.87. The van der Waals surface area contributed by atoms with Crippen molar-refractivity contribution in [3.63, 3.8) is 0 Å². The lowest BCUT2D eigenvalue weighted by molar-refractivity contribution is 0.617. The Hall–Kier alpha value is -2.43. The van der Waals surface area contributed by atoms with Crippen LogP contribution in [0.4, 0.5) is 5.82 Å². The summed E-state index contributed by atoms with van der Waals surface area (Å²) in [6, 6.07) is 9.83. The Morgan fingerprint density at radius 2 is 1.95 bits per heavy atom. The van der Waals surface area contributed by atoms with Crippen LogP contribution in [0.2, 0.25) is 0 Å². The highest BCUT2D eigenvalue weighted by molar-refractivity contribution is 5.86. The number of rotatable bonds is 3. The van der Waals surface area contributed by atoms with Crippen LogP contribution in [-0.4, -0.2) is 19.7 Å². The van der Waals surface area contributed by atoms with Gasteiger partial charge in [-0.15, -0.1) is 0 Å². The molecule has 0 aliphatic heterocycles. The third-order valence-corrected chi connectivity index (χ3v) is 2.99. The SMILES string of the molecule is CCCn1ncc2c(N)nc(-c3ccccc3)nc21. The van der Waals surface area contributed by atoms with Gasteiger partial charge in [0.2, 0.25) is 0 Å². The van der Waals surface area contributed by atoms with Crippen molar-refractivity contribution in [1.82, 2.24) is 19.7 Å². The fraction of sp³-hybridized carbons (Fsp3) is 0.214. The Morgan fingerprint density at radius 3 is 2.68 bits per heavy atom. The number of nitrogen functional groups attached to an aromatic ring is 1. The van der Waals surface area contributed by atoms with E-state index in [1.165, 1.54) is 0 Å². The van der Waals surface area contributed by atoms with Gasteiger partial charge in [0.1, 0.15) is 5.82 Å². The van der Waals surface area contributed by atoms with E-state index in [0.29, 0.717) is 11.6 Å². The number of fused-ring (bicyclic) bond motifs is 1. The quantitative estimate of drug-likeness (QED) is 0.778. The van der Waals surface area contributed by atoms with Gasteiger partial charge in [0.15, 0.2) is 11.5 Å².